The molecule has 0 amide bonds. The third kappa shape index (κ3) is 2.40. The summed E-state index contributed by atoms with van der Waals surface area (Å²) in [5.41, 5.74) is 0.726. The first kappa shape index (κ1) is 9.44. The van der Waals surface area contributed by atoms with Crippen molar-refractivity contribution in [2.45, 2.75) is 46.0 Å². The summed E-state index contributed by atoms with van der Waals surface area (Å²) in [6, 6.07) is 0. The van der Waals surface area contributed by atoms with Crippen LogP contribution in [0.5, 0.6) is 0 Å². The van der Waals surface area contributed by atoms with Crippen LogP contribution in [0.25, 0.3) is 0 Å². The molecule has 0 bridgehead atoms. The summed E-state index contributed by atoms with van der Waals surface area (Å²) in [4.78, 5) is 0. The lowest BCUT2D eigenvalue weighted by Gasteiger charge is -2.29. The molecule has 0 aromatic rings. The third-order valence-electron chi connectivity index (χ3n) is 3.27. The standard InChI is InChI=1S/C10H20S/c1-3-10(4-2)6-5-8-11-9-7-10/h3-9H2,1-2H3. The van der Waals surface area contributed by atoms with Gasteiger partial charge in [0.05, 0.1) is 0 Å². The topological polar surface area (TPSA) is 0 Å². The molecule has 0 nitrogen and oxygen atoms in total. The Hall–Kier alpha value is 0.350. The number of rotatable bonds is 2. The maximum absolute atomic E-state index is 2.36. The fourth-order valence-corrected chi connectivity index (χ4v) is 3.15. The average molecular weight is 172 g/mol. The van der Waals surface area contributed by atoms with Gasteiger partial charge in [-0.05, 0) is 36.2 Å². The van der Waals surface area contributed by atoms with Crippen LogP contribution in [0, 0.1) is 5.41 Å². The molecule has 1 heterocycles. The minimum Gasteiger partial charge on any atom is -0.162 e. The number of hydrogen-bond donors (Lipinski definition) is 0. The summed E-state index contributed by atoms with van der Waals surface area (Å²) >= 11 is 2.15. The molecule has 0 aliphatic carbocycles. The van der Waals surface area contributed by atoms with Crippen molar-refractivity contribution in [3.63, 3.8) is 0 Å². The summed E-state index contributed by atoms with van der Waals surface area (Å²) < 4.78 is 0. The SMILES string of the molecule is CCC1(CC)CCCSCC1. The van der Waals surface area contributed by atoms with Gasteiger partial charge in [0.15, 0.2) is 0 Å². The van der Waals surface area contributed by atoms with Crippen molar-refractivity contribution in [1.82, 2.24) is 0 Å². The van der Waals surface area contributed by atoms with E-state index in [1.54, 1.807) is 0 Å². The first-order chi connectivity index (χ1) is 5.33. The molecule has 1 saturated heterocycles. The van der Waals surface area contributed by atoms with Crippen LogP contribution in [0.15, 0.2) is 0 Å². The van der Waals surface area contributed by atoms with E-state index in [1.807, 2.05) is 0 Å². The zero-order valence-corrected chi connectivity index (χ0v) is 8.67. The Morgan fingerprint density at radius 1 is 1.09 bits per heavy atom. The van der Waals surface area contributed by atoms with Crippen LogP contribution in [0.1, 0.15) is 46.0 Å². The van der Waals surface area contributed by atoms with Crippen molar-refractivity contribution in [1.29, 1.82) is 0 Å². The highest BCUT2D eigenvalue weighted by Crippen LogP contribution is 2.39. The fraction of sp³-hybridized carbons (Fsp3) is 1.00. The molecular formula is C10H20S. The molecule has 11 heavy (non-hydrogen) atoms. The third-order valence-corrected chi connectivity index (χ3v) is 4.34. The van der Waals surface area contributed by atoms with Gasteiger partial charge in [0.1, 0.15) is 0 Å². The highest BCUT2D eigenvalue weighted by atomic mass is 32.2. The van der Waals surface area contributed by atoms with Crippen LogP contribution < -0.4 is 0 Å². The molecule has 1 fully saturated rings. The van der Waals surface area contributed by atoms with Crippen molar-refractivity contribution in [3.8, 4) is 0 Å². The van der Waals surface area contributed by atoms with E-state index >= 15 is 0 Å². The molecule has 1 rings (SSSR count). The lowest BCUT2D eigenvalue weighted by molar-refractivity contribution is 0.233. The maximum atomic E-state index is 2.36. The molecule has 1 aliphatic heterocycles. The van der Waals surface area contributed by atoms with Gasteiger partial charge in [-0.25, -0.2) is 0 Å². The van der Waals surface area contributed by atoms with Gasteiger partial charge in [0.25, 0.3) is 0 Å². The lowest BCUT2D eigenvalue weighted by Crippen LogP contribution is -2.18. The minimum atomic E-state index is 0.726. The van der Waals surface area contributed by atoms with Crippen LogP contribution in [-0.4, -0.2) is 11.5 Å². The monoisotopic (exact) mass is 172 g/mol. The Bertz CT molecular complexity index is 95.4. The van der Waals surface area contributed by atoms with Crippen LogP contribution in [0.3, 0.4) is 0 Å². The van der Waals surface area contributed by atoms with E-state index in [1.165, 1.54) is 43.6 Å². The van der Waals surface area contributed by atoms with Gasteiger partial charge in [-0.15, -0.1) is 0 Å². The van der Waals surface area contributed by atoms with E-state index in [2.05, 4.69) is 25.6 Å². The Morgan fingerprint density at radius 3 is 2.45 bits per heavy atom. The molecule has 0 unspecified atom stereocenters. The van der Waals surface area contributed by atoms with Gasteiger partial charge in [0, 0.05) is 0 Å². The molecule has 0 atom stereocenters. The van der Waals surface area contributed by atoms with Crippen molar-refractivity contribution in [2.75, 3.05) is 11.5 Å². The maximum Gasteiger partial charge on any atom is -0.00623 e. The zero-order valence-electron chi connectivity index (χ0n) is 7.86. The Kier molecular flexibility index (Phi) is 3.77. The molecular weight excluding hydrogens is 152 g/mol. The van der Waals surface area contributed by atoms with Crippen LogP contribution in [-0.2, 0) is 0 Å². The highest BCUT2D eigenvalue weighted by molar-refractivity contribution is 7.99. The Balaban J connectivity index is 2.49. The van der Waals surface area contributed by atoms with Crippen molar-refractivity contribution in [2.24, 2.45) is 5.41 Å². The summed E-state index contributed by atoms with van der Waals surface area (Å²) in [7, 11) is 0. The molecule has 66 valence electrons. The van der Waals surface area contributed by atoms with Gasteiger partial charge in [0.2, 0.25) is 0 Å². The second kappa shape index (κ2) is 4.39. The highest BCUT2D eigenvalue weighted by Gasteiger charge is 2.26. The van der Waals surface area contributed by atoms with E-state index in [-0.39, 0.29) is 0 Å². The molecule has 0 saturated carbocycles. The van der Waals surface area contributed by atoms with E-state index in [0.717, 1.165) is 5.41 Å². The largest absolute Gasteiger partial charge is 0.162 e. The smallest absolute Gasteiger partial charge is 0.00623 e. The quantitative estimate of drug-likeness (QED) is 0.612. The first-order valence-corrected chi connectivity index (χ1v) is 6.06. The summed E-state index contributed by atoms with van der Waals surface area (Å²) in [6.07, 6.45) is 7.18. The summed E-state index contributed by atoms with van der Waals surface area (Å²) in [5, 5.41) is 0. The van der Waals surface area contributed by atoms with E-state index in [0.29, 0.717) is 0 Å². The molecule has 0 N–H and O–H groups in total. The van der Waals surface area contributed by atoms with Gasteiger partial charge in [-0.3, -0.25) is 0 Å². The van der Waals surface area contributed by atoms with Gasteiger partial charge < -0.3 is 0 Å². The summed E-state index contributed by atoms with van der Waals surface area (Å²) in [5.74, 6) is 2.81. The number of hydrogen-bond acceptors (Lipinski definition) is 1. The van der Waals surface area contributed by atoms with E-state index in [9.17, 15) is 0 Å². The molecule has 0 aromatic heterocycles. The molecule has 0 radical (unpaired) electrons. The van der Waals surface area contributed by atoms with Gasteiger partial charge >= 0.3 is 0 Å². The van der Waals surface area contributed by atoms with Crippen LogP contribution in [0.2, 0.25) is 0 Å². The predicted molar refractivity (Wildman–Crippen MR) is 54.2 cm³/mol. The lowest BCUT2D eigenvalue weighted by atomic mass is 9.76. The van der Waals surface area contributed by atoms with E-state index < -0.39 is 0 Å². The second-order valence-corrected chi connectivity index (χ2v) is 4.90. The van der Waals surface area contributed by atoms with Crippen LogP contribution in [0.4, 0.5) is 0 Å². The van der Waals surface area contributed by atoms with Crippen molar-refractivity contribution < 1.29 is 0 Å². The second-order valence-electron chi connectivity index (χ2n) is 3.67. The van der Waals surface area contributed by atoms with Gasteiger partial charge in [-0.2, -0.15) is 11.8 Å². The van der Waals surface area contributed by atoms with Crippen molar-refractivity contribution in [3.05, 3.63) is 0 Å². The average Bonchev–Trinajstić information content (AvgIpc) is 2.30. The normalized spacial score (nSPS) is 24.5. The fourth-order valence-electron chi connectivity index (χ4n) is 2.02. The zero-order chi connectivity index (χ0) is 8.16. The first-order valence-electron chi connectivity index (χ1n) is 4.91. The number of thioether (sulfide) groups is 1. The van der Waals surface area contributed by atoms with Crippen LogP contribution >= 0.6 is 11.8 Å². The summed E-state index contributed by atoms with van der Waals surface area (Å²) in [6.45, 7) is 4.72. The molecule has 0 aromatic carbocycles. The molecule has 1 aliphatic rings. The molecule has 0 spiro atoms. The van der Waals surface area contributed by atoms with Crippen molar-refractivity contribution >= 4 is 11.8 Å². The van der Waals surface area contributed by atoms with Gasteiger partial charge in [-0.1, -0.05) is 26.7 Å². The minimum absolute atomic E-state index is 0.726. The predicted octanol–water partition coefficient (Wildman–Crippen LogP) is 3.71. The Labute approximate surface area is 75.1 Å². The van der Waals surface area contributed by atoms with E-state index in [4.69, 9.17) is 0 Å². The molecule has 1 heteroatoms. The Morgan fingerprint density at radius 2 is 1.82 bits per heavy atom.